The monoisotopic (exact) mass is 377 g/mol. The molecule has 0 spiro atoms. The molecule has 0 aliphatic heterocycles. The molecule has 3 N–H and O–H groups in total. The molecule has 0 fully saturated rings. The number of anilines is 1. The van der Waals surface area contributed by atoms with Gasteiger partial charge in [0.15, 0.2) is 5.16 Å². The summed E-state index contributed by atoms with van der Waals surface area (Å²) >= 11 is 1.11. The predicted molar refractivity (Wildman–Crippen MR) is 102 cm³/mol. The zero-order valence-corrected chi connectivity index (χ0v) is 15.9. The van der Waals surface area contributed by atoms with Crippen molar-refractivity contribution in [3.05, 3.63) is 39.8 Å². The van der Waals surface area contributed by atoms with Crippen LogP contribution in [0.2, 0.25) is 0 Å². The van der Waals surface area contributed by atoms with Crippen LogP contribution in [0.5, 0.6) is 0 Å². The van der Waals surface area contributed by atoms with Crippen LogP contribution in [0.15, 0.2) is 28.2 Å². The normalized spacial score (nSPS) is 10.6. The topological polar surface area (TPSA) is 109 Å². The second-order valence-corrected chi connectivity index (χ2v) is 6.87. The molecule has 0 bridgehead atoms. The van der Waals surface area contributed by atoms with Crippen LogP contribution >= 0.6 is 11.8 Å². The maximum atomic E-state index is 12.0. The van der Waals surface area contributed by atoms with Gasteiger partial charge in [-0.15, -0.1) is 5.10 Å². The fourth-order valence-electron chi connectivity index (χ4n) is 2.33. The second-order valence-electron chi connectivity index (χ2n) is 5.93. The summed E-state index contributed by atoms with van der Waals surface area (Å²) in [6, 6.07) is 5.03. The van der Waals surface area contributed by atoms with Gasteiger partial charge < -0.3 is 5.32 Å². The van der Waals surface area contributed by atoms with E-state index in [0.717, 1.165) is 35.7 Å². The SMILES string of the molecule is CCCCn1c(SCC(=O)NC(=O)Nc2ccc(C)cc2C)n[nH]c1=O. The van der Waals surface area contributed by atoms with Gasteiger partial charge in [0.1, 0.15) is 0 Å². The van der Waals surface area contributed by atoms with Crippen LogP contribution in [0.4, 0.5) is 10.5 Å². The van der Waals surface area contributed by atoms with Gasteiger partial charge in [-0.05, 0) is 31.9 Å². The highest BCUT2D eigenvalue weighted by Gasteiger charge is 2.13. The molecule has 26 heavy (non-hydrogen) atoms. The van der Waals surface area contributed by atoms with Gasteiger partial charge in [0.2, 0.25) is 5.91 Å². The summed E-state index contributed by atoms with van der Waals surface area (Å²) in [6.07, 6.45) is 1.79. The zero-order valence-electron chi connectivity index (χ0n) is 15.1. The summed E-state index contributed by atoms with van der Waals surface area (Å²) in [5, 5.41) is 11.7. The highest BCUT2D eigenvalue weighted by molar-refractivity contribution is 7.99. The van der Waals surface area contributed by atoms with E-state index in [0.29, 0.717) is 17.4 Å². The standard InChI is InChI=1S/C17H23N5O3S/c1-4-5-8-22-16(25)20-21-17(22)26-10-14(23)19-15(24)18-13-7-6-11(2)9-12(13)3/h6-7,9H,4-5,8,10H2,1-3H3,(H,20,25)(H2,18,19,23,24). The maximum Gasteiger partial charge on any atom is 0.343 e. The number of carbonyl (C=O) groups is 2. The molecule has 0 radical (unpaired) electrons. The van der Waals surface area contributed by atoms with Crippen molar-refractivity contribution in [2.45, 2.75) is 45.3 Å². The van der Waals surface area contributed by atoms with E-state index in [1.54, 1.807) is 6.07 Å². The number of unbranched alkanes of at least 4 members (excludes halogenated alkanes) is 1. The first-order valence-electron chi connectivity index (χ1n) is 8.36. The molecule has 9 heteroatoms. The first kappa shape index (κ1) is 19.8. The molecule has 0 atom stereocenters. The Bertz CT molecular complexity index is 843. The summed E-state index contributed by atoms with van der Waals surface area (Å²) in [5.74, 6) is -0.480. The summed E-state index contributed by atoms with van der Waals surface area (Å²) in [5.41, 5.74) is 2.36. The van der Waals surface area contributed by atoms with Crippen LogP contribution < -0.4 is 16.3 Å². The minimum absolute atomic E-state index is 0.0171. The maximum absolute atomic E-state index is 12.0. The molecule has 0 saturated heterocycles. The Hall–Kier alpha value is -2.55. The number of imide groups is 1. The predicted octanol–water partition coefficient (Wildman–Crippen LogP) is 2.43. The van der Waals surface area contributed by atoms with Crippen LogP contribution in [-0.2, 0) is 11.3 Å². The van der Waals surface area contributed by atoms with E-state index in [1.165, 1.54) is 4.57 Å². The van der Waals surface area contributed by atoms with Gasteiger partial charge in [0.25, 0.3) is 0 Å². The van der Waals surface area contributed by atoms with E-state index in [-0.39, 0.29) is 11.4 Å². The van der Waals surface area contributed by atoms with E-state index in [1.807, 2.05) is 32.9 Å². The van der Waals surface area contributed by atoms with Gasteiger partial charge >= 0.3 is 11.7 Å². The van der Waals surface area contributed by atoms with Crippen molar-refractivity contribution in [3.63, 3.8) is 0 Å². The lowest BCUT2D eigenvalue weighted by molar-refractivity contribution is -0.117. The van der Waals surface area contributed by atoms with Crippen molar-refractivity contribution in [1.82, 2.24) is 20.1 Å². The number of aromatic nitrogens is 3. The van der Waals surface area contributed by atoms with Crippen molar-refractivity contribution in [2.24, 2.45) is 0 Å². The van der Waals surface area contributed by atoms with Gasteiger partial charge in [-0.25, -0.2) is 14.7 Å². The molecule has 0 unspecified atom stereocenters. The number of amides is 3. The first-order chi connectivity index (χ1) is 12.4. The minimum atomic E-state index is -0.590. The molecule has 8 nitrogen and oxygen atoms in total. The molecule has 1 aromatic heterocycles. The van der Waals surface area contributed by atoms with Crippen LogP contribution in [0.1, 0.15) is 30.9 Å². The number of carbonyl (C=O) groups excluding carboxylic acids is 2. The van der Waals surface area contributed by atoms with E-state index in [4.69, 9.17) is 0 Å². The van der Waals surface area contributed by atoms with Crippen LogP contribution in [0.3, 0.4) is 0 Å². The van der Waals surface area contributed by atoms with Crippen LogP contribution in [0.25, 0.3) is 0 Å². The second kappa shape index (κ2) is 9.23. The average Bonchev–Trinajstić information content (AvgIpc) is 2.93. The third-order valence-electron chi connectivity index (χ3n) is 3.67. The quantitative estimate of drug-likeness (QED) is 0.642. The van der Waals surface area contributed by atoms with Gasteiger partial charge in [0.05, 0.1) is 5.75 Å². The number of nitrogens with zero attached hydrogens (tertiary/aromatic N) is 2. The van der Waals surface area contributed by atoms with E-state index < -0.39 is 11.9 Å². The van der Waals surface area contributed by atoms with E-state index >= 15 is 0 Å². The van der Waals surface area contributed by atoms with Gasteiger partial charge in [-0.2, -0.15) is 0 Å². The number of hydrogen-bond acceptors (Lipinski definition) is 5. The average molecular weight is 377 g/mol. The van der Waals surface area contributed by atoms with E-state index in [2.05, 4.69) is 20.8 Å². The van der Waals surface area contributed by atoms with Crippen molar-refractivity contribution in [2.75, 3.05) is 11.1 Å². The molecule has 2 aromatic rings. The number of H-pyrrole nitrogens is 1. The van der Waals surface area contributed by atoms with E-state index in [9.17, 15) is 14.4 Å². The van der Waals surface area contributed by atoms with Gasteiger partial charge in [-0.1, -0.05) is 42.8 Å². The molecule has 140 valence electrons. The fourth-order valence-corrected chi connectivity index (χ4v) is 3.10. The summed E-state index contributed by atoms with van der Waals surface area (Å²) in [6.45, 7) is 6.42. The van der Waals surface area contributed by atoms with Gasteiger partial charge in [0, 0.05) is 12.2 Å². The largest absolute Gasteiger partial charge is 0.343 e. The number of aromatic amines is 1. The molecule has 3 amide bonds. The molecular weight excluding hydrogens is 354 g/mol. The zero-order chi connectivity index (χ0) is 19.1. The third-order valence-corrected chi connectivity index (χ3v) is 4.65. The number of hydrogen-bond donors (Lipinski definition) is 3. The van der Waals surface area contributed by atoms with Gasteiger partial charge in [-0.3, -0.25) is 14.7 Å². The smallest absolute Gasteiger partial charge is 0.307 e. The highest BCUT2D eigenvalue weighted by Crippen LogP contribution is 2.16. The molecule has 2 rings (SSSR count). The minimum Gasteiger partial charge on any atom is -0.307 e. The van der Waals surface area contributed by atoms with Crippen molar-refractivity contribution >= 4 is 29.4 Å². The Labute approximate surface area is 155 Å². The fraction of sp³-hybridized carbons (Fsp3) is 0.412. The van der Waals surface area contributed by atoms with Crippen molar-refractivity contribution in [3.8, 4) is 0 Å². The highest BCUT2D eigenvalue weighted by atomic mass is 32.2. The number of aryl methyl sites for hydroxylation is 2. The summed E-state index contributed by atoms with van der Waals surface area (Å²) in [4.78, 5) is 35.6. The first-order valence-corrected chi connectivity index (χ1v) is 9.35. The number of urea groups is 1. The van der Waals surface area contributed by atoms with Crippen molar-refractivity contribution < 1.29 is 9.59 Å². The van der Waals surface area contributed by atoms with Crippen molar-refractivity contribution in [1.29, 1.82) is 0 Å². The number of benzene rings is 1. The molecule has 0 aliphatic rings. The molecule has 0 aliphatic carbocycles. The third kappa shape index (κ3) is 5.48. The van der Waals surface area contributed by atoms with Crippen LogP contribution in [-0.4, -0.2) is 32.5 Å². The molecule has 1 aromatic carbocycles. The summed E-state index contributed by atoms with van der Waals surface area (Å²) < 4.78 is 1.50. The number of nitrogens with one attached hydrogen (secondary N) is 3. The Morgan fingerprint density at radius 1 is 1.31 bits per heavy atom. The Kier molecular flexibility index (Phi) is 7.02. The molecular formula is C17H23N5O3S. The van der Waals surface area contributed by atoms with Crippen LogP contribution in [0, 0.1) is 13.8 Å². The summed E-state index contributed by atoms with van der Waals surface area (Å²) in [7, 11) is 0. The molecule has 1 heterocycles. The Balaban J connectivity index is 1.87. The Morgan fingerprint density at radius 3 is 2.77 bits per heavy atom. The Morgan fingerprint density at radius 2 is 2.08 bits per heavy atom. The number of rotatable bonds is 7. The number of thioether (sulfide) groups is 1. The lowest BCUT2D eigenvalue weighted by atomic mass is 10.1. The molecule has 0 saturated carbocycles. The lowest BCUT2D eigenvalue weighted by Crippen LogP contribution is -2.35. The lowest BCUT2D eigenvalue weighted by Gasteiger charge is -2.10.